The Balaban J connectivity index is 2.02. The number of amides is 1. The predicted molar refractivity (Wildman–Crippen MR) is 76.8 cm³/mol. The van der Waals surface area contributed by atoms with Crippen molar-refractivity contribution in [2.45, 2.75) is 39.7 Å². The fourth-order valence-electron chi connectivity index (χ4n) is 1.84. The maximum Gasteiger partial charge on any atom is 0.339 e. The second-order valence-electron chi connectivity index (χ2n) is 6.00. The third-order valence-corrected chi connectivity index (χ3v) is 3.10. The summed E-state index contributed by atoms with van der Waals surface area (Å²) >= 11 is 0. The van der Waals surface area contributed by atoms with Gasteiger partial charge in [-0.2, -0.15) is 0 Å². The quantitative estimate of drug-likeness (QED) is 0.899. The molecule has 0 aliphatic rings. The fraction of sp³-hybridized carbons (Fsp3) is 0.400. The van der Waals surface area contributed by atoms with E-state index in [0.717, 1.165) is 0 Å². The van der Waals surface area contributed by atoms with Crippen LogP contribution in [0.25, 0.3) is 0 Å². The molecule has 0 spiro atoms. The lowest BCUT2D eigenvalue weighted by Crippen LogP contribution is -2.22. The lowest BCUT2D eigenvalue weighted by molar-refractivity contribution is 0.0694. The van der Waals surface area contributed by atoms with Gasteiger partial charge in [-0.1, -0.05) is 25.9 Å². The van der Waals surface area contributed by atoms with Gasteiger partial charge < -0.3 is 19.4 Å². The lowest BCUT2D eigenvalue weighted by Gasteiger charge is -2.12. The number of aromatic carboxylic acids is 1. The average Bonchev–Trinajstić information content (AvgIpc) is 3.01. The Bertz CT molecular complexity index is 706. The smallest absolute Gasteiger partial charge is 0.339 e. The van der Waals surface area contributed by atoms with E-state index in [2.05, 4.69) is 10.5 Å². The van der Waals surface area contributed by atoms with Crippen molar-refractivity contribution in [1.82, 2.24) is 10.5 Å². The van der Waals surface area contributed by atoms with Crippen LogP contribution in [0.5, 0.6) is 0 Å². The molecule has 7 nitrogen and oxygen atoms in total. The minimum Gasteiger partial charge on any atom is -0.478 e. The maximum absolute atomic E-state index is 12.0. The molecule has 2 aromatic rings. The molecule has 2 aromatic heterocycles. The molecule has 0 aromatic carbocycles. The zero-order valence-electron chi connectivity index (χ0n) is 12.9. The van der Waals surface area contributed by atoms with Crippen molar-refractivity contribution in [1.29, 1.82) is 0 Å². The largest absolute Gasteiger partial charge is 0.478 e. The fourth-order valence-corrected chi connectivity index (χ4v) is 1.84. The Morgan fingerprint density at radius 3 is 2.50 bits per heavy atom. The van der Waals surface area contributed by atoms with Crippen molar-refractivity contribution in [3.05, 3.63) is 40.7 Å². The molecular weight excluding hydrogens is 288 g/mol. The number of hydrogen-bond acceptors (Lipinski definition) is 5. The number of carboxylic acid groups (broad SMARTS) is 1. The summed E-state index contributed by atoms with van der Waals surface area (Å²) in [5, 5.41) is 15.3. The van der Waals surface area contributed by atoms with Gasteiger partial charge in [0.2, 0.25) is 0 Å². The number of carbonyl (C=O) groups excluding carboxylic acids is 1. The highest BCUT2D eigenvalue weighted by molar-refractivity contribution is 5.92. The minimum absolute atomic E-state index is 0.0741. The highest BCUT2D eigenvalue weighted by Gasteiger charge is 2.22. The van der Waals surface area contributed by atoms with E-state index in [9.17, 15) is 9.59 Å². The standard InChI is InChI=1S/C15H18N2O5/c1-8-10(14(19)20)5-9(21-8)7-16-13(18)11-6-12(22-17-11)15(2,3)4/h5-6H,7H2,1-4H3,(H,16,18)(H,19,20). The Morgan fingerprint density at radius 1 is 1.32 bits per heavy atom. The summed E-state index contributed by atoms with van der Waals surface area (Å²) in [4.78, 5) is 22.9. The highest BCUT2D eigenvalue weighted by atomic mass is 16.5. The Kier molecular flexibility index (Phi) is 4.07. The van der Waals surface area contributed by atoms with Crippen LogP contribution < -0.4 is 5.32 Å². The van der Waals surface area contributed by atoms with Crippen molar-refractivity contribution in [2.24, 2.45) is 0 Å². The molecule has 0 unspecified atom stereocenters. The highest BCUT2D eigenvalue weighted by Crippen LogP contribution is 2.22. The van der Waals surface area contributed by atoms with E-state index in [0.29, 0.717) is 17.3 Å². The summed E-state index contributed by atoms with van der Waals surface area (Å²) in [5.41, 5.74) is 0.0208. The molecule has 0 fully saturated rings. The molecule has 22 heavy (non-hydrogen) atoms. The van der Waals surface area contributed by atoms with Crippen molar-refractivity contribution < 1.29 is 23.6 Å². The summed E-state index contributed by atoms with van der Waals surface area (Å²) in [5.74, 6) is -0.203. The van der Waals surface area contributed by atoms with E-state index >= 15 is 0 Å². The normalized spacial score (nSPS) is 11.5. The van der Waals surface area contributed by atoms with Crippen LogP contribution in [0.15, 0.2) is 21.1 Å². The zero-order chi connectivity index (χ0) is 16.5. The van der Waals surface area contributed by atoms with Gasteiger partial charge in [0, 0.05) is 11.5 Å². The monoisotopic (exact) mass is 306 g/mol. The summed E-state index contributed by atoms with van der Waals surface area (Å²) in [6.07, 6.45) is 0. The Hall–Kier alpha value is -2.57. The third kappa shape index (κ3) is 3.36. The molecule has 0 bridgehead atoms. The SMILES string of the molecule is Cc1oc(CNC(=O)c2cc(C(C)(C)C)on2)cc1C(=O)O. The van der Waals surface area contributed by atoms with Gasteiger partial charge in [0.05, 0.1) is 6.54 Å². The van der Waals surface area contributed by atoms with Crippen LogP contribution >= 0.6 is 0 Å². The topological polar surface area (TPSA) is 106 Å². The van der Waals surface area contributed by atoms with Gasteiger partial charge in [-0.05, 0) is 13.0 Å². The Morgan fingerprint density at radius 2 is 2.00 bits per heavy atom. The van der Waals surface area contributed by atoms with E-state index in [1.807, 2.05) is 20.8 Å². The number of hydrogen-bond donors (Lipinski definition) is 2. The summed E-state index contributed by atoms with van der Waals surface area (Å²) in [6.45, 7) is 7.49. The first kappa shape index (κ1) is 15.8. The van der Waals surface area contributed by atoms with Gasteiger partial charge in [-0.25, -0.2) is 4.79 Å². The van der Waals surface area contributed by atoms with E-state index in [-0.39, 0.29) is 23.2 Å². The summed E-state index contributed by atoms with van der Waals surface area (Å²) in [6, 6.07) is 2.98. The molecular formula is C15H18N2O5. The van der Waals surface area contributed by atoms with E-state index < -0.39 is 11.9 Å². The number of furan rings is 1. The molecule has 2 N–H and O–H groups in total. The first-order valence-electron chi connectivity index (χ1n) is 6.76. The van der Waals surface area contributed by atoms with E-state index in [1.165, 1.54) is 6.07 Å². The molecule has 2 rings (SSSR count). The Labute approximate surface area is 127 Å². The number of carbonyl (C=O) groups is 2. The van der Waals surface area contributed by atoms with Gasteiger partial charge in [0.15, 0.2) is 5.69 Å². The van der Waals surface area contributed by atoms with E-state index in [1.54, 1.807) is 13.0 Å². The van der Waals surface area contributed by atoms with Crippen LogP contribution in [0, 0.1) is 6.92 Å². The average molecular weight is 306 g/mol. The van der Waals surface area contributed by atoms with Gasteiger partial charge >= 0.3 is 5.97 Å². The van der Waals surface area contributed by atoms with Crippen LogP contribution in [-0.4, -0.2) is 22.1 Å². The first-order chi connectivity index (χ1) is 10.2. The number of aryl methyl sites for hydroxylation is 1. The van der Waals surface area contributed by atoms with Crippen LogP contribution in [0.2, 0.25) is 0 Å². The number of nitrogens with one attached hydrogen (secondary N) is 1. The van der Waals surface area contributed by atoms with Gasteiger partial charge in [-0.3, -0.25) is 4.79 Å². The third-order valence-electron chi connectivity index (χ3n) is 3.10. The van der Waals surface area contributed by atoms with Crippen LogP contribution in [0.4, 0.5) is 0 Å². The van der Waals surface area contributed by atoms with Crippen LogP contribution in [0.1, 0.15) is 58.9 Å². The summed E-state index contributed by atoms with van der Waals surface area (Å²) < 4.78 is 10.4. The van der Waals surface area contributed by atoms with E-state index in [4.69, 9.17) is 14.0 Å². The maximum atomic E-state index is 12.0. The van der Waals surface area contributed by atoms with Crippen LogP contribution in [0.3, 0.4) is 0 Å². The molecule has 0 aliphatic carbocycles. The van der Waals surface area contributed by atoms with Crippen molar-refractivity contribution in [2.75, 3.05) is 0 Å². The second-order valence-corrected chi connectivity index (χ2v) is 6.00. The minimum atomic E-state index is -1.06. The number of carboxylic acids is 1. The second kappa shape index (κ2) is 5.67. The molecule has 0 radical (unpaired) electrons. The predicted octanol–water partition coefficient (Wildman–Crippen LogP) is 2.50. The molecule has 0 saturated heterocycles. The van der Waals surface area contributed by atoms with Crippen molar-refractivity contribution >= 4 is 11.9 Å². The van der Waals surface area contributed by atoms with Crippen molar-refractivity contribution in [3.8, 4) is 0 Å². The number of aromatic nitrogens is 1. The lowest BCUT2D eigenvalue weighted by atomic mass is 9.93. The summed E-state index contributed by atoms with van der Waals surface area (Å²) in [7, 11) is 0. The number of rotatable bonds is 4. The van der Waals surface area contributed by atoms with Gasteiger partial charge in [-0.15, -0.1) is 0 Å². The first-order valence-corrected chi connectivity index (χ1v) is 6.76. The molecule has 0 aliphatic heterocycles. The van der Waals surface area contributed by atoms with Crippen LogP contribution in [-0.2, 0) is 12.0 Å². The van der Waals surface area contributed by atoms with Crippen molar-refractivity contribution in [3.63, 3.8) is 0 Å². The molecule has 0 atom stereocenters. The molecule has 0 saturated carbocycles. The molecule has 7 heteroatoms. The zero-order valence-corrected chi connectivity index (χ0v) is 12.9. The van der Waals surface area contributed by atoms with Gasteiger partial charge in [0.25, 0.3) is 5.91 Å². The molecule has 2 heterocycles. The van der Waals surface area contributed by atoms with Gasteiger partial charge in [0.1, 0.15) is 22.8 Å². The number of nitrogens with zero attached hydrogens (tertiary/aromatic N) is 1. The molecule has 1 amide bonds. The molecule has 118 valence electrons.